The SMILES string of the molecule is CCC1CCCC(NC(=O)c2ccc(C(=O)O)cn2)C1. The number of hydrogen-bond donors (Lipinski definition) is 2. The normalized spacial score (nSPS) is 22.2. The number of nitrogens with zero attached hydrogens (tertiary/aromatic N) is 1. The summed E-state index contributed by atoms with van der Waals surface area (Å²) in [4.78, 5) is 26.7. The highest BCUT2D eigenvalue weighted by atomic mass is 16.4. The Kier molecular flexibility index (Phi) is 4.71. The predicted octanol–water partition coefficient (Wildman–Crippen LogP) is 2.48. The topological polar surface area (TPSA) is 79.3 Å². The van der Waals surface area contributed by atoms with E-state index in [1.165, 1.54) is 24.8 Å². The van der Waals surface area contributed by atoms with Crippen LogP contribution in [0.25, 0.3) is 0 Å². The zero-order chi connectivity index (χ0) is 14.5. The number of carboxylic acids is 1. The van der Waals surface area contributed by atoms with E-state index in [0.29, 0.717) is 5.92 Å². The van der Waals surface area contributed by atoms with Gasteiger partial charge in [-0.1, -0.05) is 26.2 Å². The Morgan fingerprint density at radius 3 is 2.80 bits per heavy atom. The first-order valence-corrected chi connectivity index (χ1v) is 7.10. The van der Waals surface area contributed by atoms with Crippen molar-refractivity contribution in [2.45, 2.75) is 45.1 Å². The van der Waals surface area contributed by atoms with Gasteiger partial charge < -0.3 is 10.4 Å². The first-order valence-electron chi connectivity index (χ1n) is 7.10. The molecule has 1 amide bonds. The van der Waals surface area contributed by atoms with Crippen LogP contribution in [0.2, 0.25) is 0 Å². The summed E-state index contributed by atoms with van der Waals surface area (Å²) < 4.78 is 0. The maximum Gasteiger partial charge on any atom is 0.337 e. The first kappa shape index (κ1) is 14.5. The van der Waals surface area contributed by atoms with Crippen molar-refractivity contribution in [2.24, 2.45) is 5.92 Å². The lowest BCUT2D eigenvalue weighted by molar-refractivity contribution is 0.0695. The van der Waals surface area contributed by atoms with E-state index in [1.54, 1.807) is 0 Å². The molecular formula is C15H20N2O3. The molecule has 2 rings (SSSR count). The smallest absolute Gasteiger partial charge is 0.337 e. The minimum absolute atomic E-state index is 0.0882. The molecule has 2 unspecified atom stereocenters. The second-order valence-corrected chi connectivity index (χ2v) is 5.35. The van der Waals surface area contributed by atoms with Gasteiger partial charge in [0.05, 0.1) is 5.56 Å². The van der Waals surface area contributed by atoms with Gasteiger partial charge in [-0.3, -0.25) is 9.78 Å². The molecule has 0 aromatic carbocycles. The quantitative estimate of drug-likeness (QED) is 0.885. The molecule has 0 radical (unpaired) electrons. The number of rotatable bonds is 4. The number of aromatic carboxylic acids is 1. The van der Waals surface area contributed by atoms with E-state index in [2.05, 4.69) is 17.2 Å². The number of carbonyl (C=O) groups is 2. The second kappa shape index (κ2) is 6.50. The fourth-order valence-electron chi connectivity index (χ4n) is 2.71. The standard InChI is InChI=1S/C15H20N2O3/c1-2-10-4-3-5-12(8-10)17-14(18)13-7-6-11(9-16-13)15(19)20/h6-7,9-10,12H,2-5,8H2,1H3,(H,17,18)(H,19,20). The third kappa shape index (κ3) is 3.56. The Labute approximate surface area is 118 Å². The van der Waals surface area contributed by atoms with E-state index in [1.807, 2.05) is 0 Å². The van der Waals surface area contributed by atoms with E-state index in [9.17, 15) is 9.59 Å². The summed E-state index contributed by atoms with van der Waals surface area (Å²) in [6, 6.07) is 3.07. The molecule has 0 spiro atoms. The molecule has 0 bridgehead atoms. The van der Waals surface area contributed by atoms with Crippen LogP contribution in [-0.2, 0) is 0 Å². The lowest BCUT2D eigenvalue weighted by atomic mass is 9.84. The fourth-order valence-corrected chi connectivity index (χ4v) is 2.71. The van der Waals surface area contributed by atoms with Crippen LogP contribution in [0.3, 0.4) is 0 Å². The molecule has 20 heavy (non-hydrogen) atoms. The van der Waals surface area contributed by atoms with Gasteiger partial charge in [0, 0.05) is 12.2 Å². The maximum atomic E-state index is 12.1. The monoisotopic (exact) mass is 276 g/mol. The van der Waals surface area contributed by atoms with Gasteiger partial charge in [-0.15, -0.1) is 0 Å². The van der Waals surface area contributed by atoms with Gasteiger partial charge in [0.1, 0.15) is 5.69 Å². The molecular weight excluding hydrogens is 256 g/mol. The third-order valence-electron chi connectivity index (χ3n) is 3.94. The molecule has 5 heteroatoms. The Bertz CT molecular complexity index is 484. The van der Waals surface area contributed by atoms with Crippen molar-refractivity contribution in [1.29, 1.82) is 0 Å². The number of carbonyl (C=O) groups excluding carboxylic acids is 1. The average molecular weight is 276 g/mol. The lowest BCUT2D eigenvalue weighted by Crippen LogP contribution is -2.38. The first-order chi connectivity index (χ1) is 9.60. The van der Waals surface area contributed by atoms with Crippen LogP contribution in [0.1, 0.15) is 59.9 Å². The molecule has 1 heterocycles. The Morgan fingerprint density at radius 2 is 2.20 bits per heavy atom. The Morgan fingerprint density at radius 1 is 1.40 bits per heavy atom. The van der Waals surface area contributed by atoms with Crippen molar-refractivity contribution in [3.63, 3.8) is 0 Å². The van der Waals surface area contributed by atoms with Crippen molar-refractivity contribution in [3.05, 3.63) is 29.6 Å². The number of pyridine rings is 1. The maximum absolute atomic E-state index is 12.1. The van der Waals surface area contributed by atoms with Crippen molar-refractivity contribution in [3.8, 4) is 0 Å². The summed E-state index contributed by atoms with van der Waals surface area (Å²) in [5.74, 6) is -0.567. The largest absolute Gasteiger partial charge is 0.478 e. The minimum atomic E-state index is -1.04. The summed E-state index contributed by atoms with van der Waals surface area (Å²) in [5.41, 5.74) is 0.360. The highest BCUT2D eigenvalue weighted by molar-refractivity contribution is 5.93. The van der Waals surface area contributed by atoms with Crippen molar-refractivity contribution in [2.75, 3.05) is 0 Å². The molecule has 1 saturated carbocycles. The molecule has 1 aromatic rings. The van der Waals surface area contributed by atoms with Crippen LogP contribution in [0.5, 0.6) is 0 Å². The summed E-state index contributed by atoms with van der Waals surface area (Å²) in [5, 5.41) is 11.8. The van der Waals surface area contributed by atoms with Gasteiger partial charge in [-0.05, 0) is 30.9 Å². The van der Waals surface area contributed by atoms with Crippen LogP contribution >= 0.6 is 0 Å². The number of nitrogens with one attached hydrogen (secondary N) is 1. The number of carboxylic acid groups (broad SMARTS) is 1. The number of aromatic nitrogens is 1. The van der Waals surface area contributed by atoms with E-state index < -0.39 is 5.97 Å². The van der Waals surface area contributed by atoms with Crippen LogP contribution in [0.15, 0.2) is 18.3 Å². The van der Waals surface area contributed by atoms with Gasteiger partial charge in [0.15, 0.2) is 0 Å². The number of amides is 1. The minimum Gasteiger partial charge on any atom is -0.478 e. The molecule has 5 nitrogen and oxygen atoms in total. The zero-order valence-corrected chi connectivity index (χ0v) is 11.6. The Balaban J connectivity index is 1.95. The van der Waals surface area contributed by atoms with Crippen LogP contribution < -0.4 is 5.32 Å². The highest BCUT2D eigenvalue weighted by Gasteiger charge is 2.22. The molecule has 0 aliphatic heterocycles. The molecule has 0 saturated heterocycles. The van der Waals surface area contributed by atoms with Gasteiger partial charge in [-0.2, -0.15) is 0 Å². The van der Waals surface area contributed by atoms with Crippen molar-refractivity contribution < 1.29 is 14.7 Å². The van der Waals surface area contributed by atoms with Crippen LogP contribution in [0.4, 0.5) is 0 Å². The molecule has 1 aliphatic rings. The predicted molar refractivity (Wildman–Crippen MR) is 74.7 cm³/mol. The molecule has 1 aliphatic carbocycles. The van der Waals surface area contributed by atoms with E-state index in [0.717, 1.165) is 25.7 Å². The van der Waals surface area contributed by atoms with Crippen LogP contribution in [0, 0.1) is 5.92 Å². The molecule has 2 N–H and O–H groups in total. The number of hydrogen-bond acceptors (Lipinski definition) is 3. The second-order valence-electron chi connectivity index (χ2n) is 5.35. The molecule has 108 valence electrons. The lowest BCUT2D eigenvalue weighted by Gasteiger charge is -2.28. The van der Waals surface area contributed by atoms with Gasteiger partial charge in [0.25, 0.3) is 5.91 Å². The molecule has 1 fully saturated rings. The van der Waals surface area contributed by atoms with E-state index in [-0.39, 0.29) is 23.2 Å². The van der Waals surface area contributed by atoms with Crippen LogP contribution in [-0.4, -0.2) is 28.0 Å². The van der Waals surface area contributed by atoms with E-state index >= 15 is 0 Å². The third-order valence-corrected chi connectivity index (χ3v) is 3.94. The van der Waals surface area contributed by atoms with Gasteiger partial charge >= 0.3 is 5.97 Å². The Hall–Kier alpha value is -1.91. The van der Waals surface area contributed by atoms with Crippen molar-refractivity contribution in [1.82, 2.24) is 10.3 Å². The summed E-state index contributed by atoms with van der Waals surface area (Å²) >= 11 is 0. The van der Waals surface area contributed by atoms with E-state index in [4.69, 9.17) is 5.11 Å². The fraction of sp³-hybridized carbons (Fsp3) is 0.533. The summed E-state index contributed by atoms with van der Waals surface area (Å²) in [6.45, 7) is 2.18. The summed E-state index contributed by atoms with van der Waals surface area (Å²) in [6.07, 6.45) is 6.79. The zero-order valence-electron chi connectivity index (χ0n) is 11.6. The summed E-state index contributed by atoms with van der Waals surface area (Å²) in [7, 11) is 0. The van der Waals surface area contributed by atoms with Gasteiger partial charge in [-0.25, -0.2) is 4.79 Å². The average Bonchev–Trinajstić information content (AvgIpc) is 2.47. The molecule has 1 aromatic heterocycles. The van der Waals surface area contributed by atoms with Crippen molar-refractivity contribution >= 4 is 11.9 Å². The molecule has 2 atom stereocenters. The van der Waals surface area contributed by atoms with Gasteiger partial charge in [0.2, 0.25) is 0 Å². The highest BCUT2D eigenvalue weighted by Crippen LogP contribution is 2.26.